The van der Waals surface area contributed by atoms with E-state index in [9.17, 15) is 9.59 Å². The summed E-state index contributed by atoms with van der Waals surface area (Å²) in [7, 11) is 0. The molecule has 0 fully saturated rings. The van der Waals surface area contributed by atoms with E-state index in [0.29, 0.717) is 22.9 Å². The first kappa shape index (κ1) is 23.6. The summed E-state index contributed by atoms with van der Waals surface area (Å²) >= 11 is 1.49. The van der Waals surface area contributed by atoms with Crippen LogP contribution >= 0.6 is 11.8 Å². The Balaban J connectivity index is 1.42. The summed E-state index contributed by atoms with van der Waals surface area (Å²) in [6.45, 7) is 5.93. The van der Waals surface area contributed by atoms with E-state index in [4.69, 9.17) is 4.74 Å². The molecule has 0 atom stereocenters. The van der Waals surface area contributed by atoms with Gasteiger partial charge in [0.25, 0.3) is 17.2 Å². The van der Waals surface area contributed by atoms with Gasteiger partial charge >= 0.3 is 0 Å². The number of hydrogen-bond donors (Lipinski definition) is 1. The fraction of sp³-hybridized carbons (Fsp3) is 0.280. The lowest BCUT2D eigenvalue weighted by molar-refractivity contribution is -0.118. The molecule has 176 valence electrons. The van der Waals surface area contributed by atoms with Crippen molar-refractivity contribution >= 4 is 29.1 Å². The number of benzene rings is 2. The van der Waals surface area contributed by atoms with E-state index in [2.05, 4.69) is 15.3 Å². The molecule has 0 bridgehead atoms. The molecule has 0 spiro atoms. The largest absolute Gasteiger partial charge is 0.483 e. The molecule has 2 heterocycles. The number of nitrogens with one attached hydrogen (secondary N) is 1. The van der Waals surface area contributed by atoms with Gasteiger partial charge in [0.15, 0.2) is 6.61 Å². The van der Waals surface area contributed by atoms with Crippen LogP contribution in [0.4, 0.5) is 5.69 Å². The summed E-state index contributed by atoms with van der Waals surface area (Å²) < 4.78 is 8.96. The average molecular weight is 478 g/mol. The van der Waals surface area contributed by atoms with Gasteiger partial charge in [-0.1, -0.05) is 37.3 Å². The van der Waals surface area contributed by atoms with Crippen LogP contribution in [0.25, 0.3) is 5.78 Å². The predicted molar refractivity (Wildman–Crippen MR) is 134 cm³/mol. The number of aromatic nitrogens is 4. The number of hydrogen-bond acceptors (Lipinski definition) is 6. The molecular weight excluding hydrogens is 450 g/mol. The van der Waals surface area contributed by atoms with Crippen molar-refractivity contribution < 1.29 is 9.53 Å². The highest BCUT2D eigenvalue weighted by molar-refractivity contribution is 7.98. The number of aryl methyl sites for hydroxylation is 1. The fourth-order valence-electron chi connectivity index (χ4n) is 3.53. The number of para-hydroxylation sites is 2. The van der Waals surface area contributed by atoms with Crippen molar-refractivity contribution in [2.45, 2.75) is 43.9 Å². The Hall–Kier alpha value is -3.59. The molecule has 0 aliphatic carbocycles. The highest BCUT2D eigenvalue weighted by atomic mass is 32.2. The van der Waals surface area contributed by atoms with Gasteiger partial charge in [-0.05, 0) is 44.0 Å². The molecule has 1 amide bonds. The zero-order valence-corrected chi connectivity index (χ0v) is 20.2. The maximum atomic E-state index is 12.6. The second-order valence-corrected chi connectivity index (χ2v) is 9.02. The quantitative estimate of drug-likeness (QED) is 0.361. The monoisotopic (exact) mass is 477 g/mol. The SMILES string of the molecule is CCc1ccccc1OCC(=O)Nc1ccccc1SCc1cc(=O)n2c(ncn2C(C)C)n1. The molecule has 0 aliphatic rings. The molecular formula is C25H27N5O3S. The van der Waals surface area contributed by atoms with Gasteiger partial charge in [-0.15, -0.1) is 11.8 Å². The molecule has 0 radical (unpaired) electrons. The van der Waals surface area contributed by atoms with Crippen molar-refractivity contribution in [1.29, 1.82) is 0 Å². The minimum atomic E-state index is -0.240. The molecule has 8 nitrogen and oxygen atoms in total. The van der Waals surface area contributed by atoms with Crippen molar-refractivity contribution in [2.75, 3.05) is 11.9 Å². The molecule has 34 heavy (non-hydrogen) atoms. The van der Waals surface area contributed by atoms with Crippen LogP contribution in [0.3, 0.4) is 0 Å². The Morgan fingerprint density at radius 1 is 1.15 bits per heavy atom. The second-order valence-electron chi connectivity index (χ2n) is 8.00. The summed E-state index contributed by atoms with van der Waals surface area (Å²) in [5, 5.41) is 2.92. The number of thioether (sulfide) groups is 1. The number of nitrogens with zero attached hydrogens (tertiary/aromatic N) is 4. The third-order valence-electron chi connectivity index (χ3n) is 5.23. The first-order chi connectivity index (χ1) is 16.5. The lowest BCUT2D eigenvalue weighted by atomic mass is 10.1. The van der Waals surface area contributed by atoms with Gasteiger partial charge < -0.3 is 10.1 Å². The highest BCUT2D eigenvalue weighted by Gasteiger charge is 2.13. The van der Waals surface area contributed by atoms with E-state index in [1.807, 2.05) is 69.3 Å². The average Bonchev–Trinajstić information content (AvgIpc) is 3.27. The first-order valence-corrected chi connectivity index (χ1v) is 12.1. The number of anilines is 1. The van der Waals surface area contributed by atoms with Crippen molar-refractivity contribution in [2.24, 2.45) is 0 Å². The Labute approximate surface area is 202 Å². The van der Waals surface area contributed by atoms with Crippen molar-refractivity contribution in [3.05, 3.63) is 82.5 Å². The lowest BCUT2D eigenvalue weighted by Gasteiger charge is -2.13. The van der Waals surface area contributed by atoms with Crippen molar-refractivity contribution in [3.8, 4) is 5.75 Å². The summed E-state index contributed by atoms with van der Waals surface area (Å²) in [4.78, 5) is 34.8. The van der Waals surface area contributed by atoms with Crippen LogP contribution in [-0.2, 0) is 17.0 Å². The van der Waals surface area contributed by atoms with Crippen LogP contribution in [0.2, 0.25) is 0 Å². The molecule has 4 rings (SSSR count). The Bertz CT molecular complexity index is 1360. The standard InChI is InChI=1S/C25H27N5O3S/c1-4-18-9-5-7-11-21(18)33-14-23(31)28-20-10-6-8-12-22(20)34-15-19-13-24(32)30-25(27-19)26-16-29(30)17(2)3/h5-13,16-17H,4,14-15H2,1-3H3,(H,28,31). The van der Waals surface area contributed by atoms with Gasteiger partial charge in [0.05, 0.1) is 11.4 Å². The van der Waals surface area contributed by atoms with E-state index in [-0.39, 0.29) is 24.1 Å². The van der Waals surface area contributed by atoms with Crippen LogP contribution < -0.4 is 15.6 Å². The number of fused-ring (bicyclic) bond motifs is 1. The van der Waals surface area contributed by atoms with Crippen LogP contribution in [0.5, 0.6) is 5.75 Å². The van der Waals surface area contributed by atoms with E-state index in [0.717, 1.165) is 22.6 Å². The predicted octanol–water partition coefficient (Wildman–Crippen LogP) is 4.34. The van der Waals surface area contributed by atoms with Crippen molar-refractivity contribution in [1.82, 2.24) is 19.2 Å². The molecule has 0 saturated carbocycles. The molecule has 2 aromatic heterocycles. The number of carbonyl (C=O) groups is 1. The van der Waals surface area contributed by atoms with Crippen molar-refractivity contribution in [3.63, 3.8) is 0 Å². The molecule has 0 unspecified atom stereocenters. The van der Waals surface area contributed by atoms with Gasteiger partial charge in [0.2, 0.25) is 0 Å². The van der Waals surface area contributed by atoms with E-state index in [1.165, 1.54) is 22.3 Å². The normalized spacial score (nSPS) is 11.2. The third kappa shape index (κ3) is 5.31. The minimum Gasteiger partial charge on any atom is -0.483 e. The van der Waals surface area contributed by atoms with Gasteiger partial charge in [-0.2, -0.15) is 9.50 Å². The van der Waals surface area contributed by atoms with Gasteiger partial charge in [0.1, 0.15) is 12.1 Å². The zero-order chi connectivity index (χ0) is 24.1. The zero-order valence-electron chi connectivity index (χ0n) is 19.4. The Kier molecular flexibility index (Phi) is 7.32. The number of carbonyl (C=O) groups excluding carboxylic acids is 1. The Morgan fingerprint density at radius 3 is 2.71 bits per heavy atom. The molecule has 0 aliphatic heterocycles. The number of rotatable bonds is 9. The van der Waals surface area contributed by atoms with Gasteiger partial charge in [-0.25, -0.2) is 4.98 Å². The molecule has 1 N–H and O–H groups in total. The summed E-state index contributed by atoms with van der Waals surface area (Å²) in [6, 6.07) is 16.9. The number of ether oxygens (including phenoxy) is 1. The summed E-state index contributed by atoms with van der Waals surface area (Å²) in [5.74, 6) is 1.32. The van der Waals surface area contributed by atoms with Crippen LogP contribution in [0, 0.1) is 0 Å². The van der Waals surface area contributed by atoms with E-state index >= 15 is 0 Å². The van der Waals surface area contributed by atoms with Gasteiger partial charge in [-0.3, -0.25) is 14.3 Å². The minimum absolute atomic E-state index is 0.0798. The molecule has 4 aromatic rings. The molecule has 9 heteroatoms. The van der Waals surface area contributed by atoms with E-state index < -0.39 is 0 Å². The Morgan fingerprint density at radius 2 is 1.91 bits per heavy atom. The topological polar surface area (TPSA) is 90.5 Å². The van der Waals surface area contributed by atoms with Crippen LogP contribution in [0.1, 0.15) is 38.1 Å². The lowest BCUT2D eigenvalue weighted by Crippen LogP contribution is -2.22. The maximum absolute atomic E-state index is 12.6. The second kappa shape index (κ2) is 10.6. The first-order valence-electron chi connectivity index (χ1n) is 11.1. The van der Waals surface area contributed by atoms with Gasteiger partial charge in [0, 0.05) is 22.8 Å². The fourth-order valence-corrected chi connectivity index (χ4v) is 4.43. The number of amides is 1. The molecule has 0 saturated heterocycles. The van der Waals surface area contributed by atoms with Crippen LogP contribution in [0.15, 0.2) is 70.6 Å². The smallest absolute Gasteiger partial charge is 0.274 e. The van der Waals surface area contributed by atoms with E-state index in [1.54, 1.807) is 11.0 Å². The third-order valence-corrected chi connectivity index (χ3v) is 6.34. The summed E-state index contributed by atoms with van der Waals surface area (Å²) in [6.07, 6.45) is 2.45. The van der Waals surface area contributed by atoms with Crippen LogP contribution in [-0.4, -0.2) is 31.7 Å². The molecule has 2 aromatic carbocycles. The maximum Gasteiger partial charge on any atom is 0.274 e. The summed E-state index contributed by atoms with van der Waals surface area (Å²) in [5.41, 5.74) is 2.21. The highest BCUT2D eigenvalue weighted by Crippen LogP contribution is 2.29.